The summed E-state index contributed by atoms with van der Waals surface area (Å²) >= 11 is 0. The first-order chi connectivity index (χ1) is 10.6. The molecule has 1 aromatic heterocycles. The number of benzene rings is 1. The molecule has 0 fully saturated rings. The van der Waals surface area contributed by atoms with E-state index in [2.05, 4.69) is 24.0 Å². The van der Waals surface area contributed by atoms with Gasteiger partial charge >= 0.3 is 6.18 Å². The van der Waals surface area contributed by atoms with Crippen LogP contribution in [0.2, 0.25) is 0 Å². The minimum absolute atomic E-state index is 0.179. The van der Waals surface area contributed by atoms with E-state index in [0.29, 0.717) is 16.8 Å². The molecule has 6 N–H and O–H groups in total. The lowest BCUT2D eigenvalue weighted by Gasteiger charge is -2.15. The Morgan fingerprint density at radius 1 is 1.00 bits per heavy atom. The third kappa shape index (κ3) is 4.24. The van der Waals surface area contributed by atoms with Crippen molar-refractivity contribution in [2.75, 3.05) is 17.2 Å². The van der Waals surface area contributed by atoms with Crippen LogP contribution >= 0.6 is 0 Å². The Kier molecular flexibility index (Phi) is 5.78. The number of nitrogens with two attached hydrogens (primary N) is 3. The van der Waals surface area contributed by atoms with Crippen LogP contribution in [0.1, 0.15) is 31.4 Å². The lowest BCUT2D eigenvalue weighted by Crippen LogP contribution is -2.11. The summed E-state index contributed by atoms with van der Waals surface area (Å²) in [6, 6.07) is 3.65. The minimum atomic E-state index is -4.56. The second-order valence-electron chi connectivity index (χ2n) is 4.99. The average Bonchev–Trinajstić information content (AvgIpc) is 2.42. The molecule has 0 unspecified atom stereocenters. The van der Waals surface area contributed by atoms with Gasteiger partial charge in [0, 0.05) is 5.56 Å². The fourth-order valence-corrected chi connectivity index (χ4v) is 1.86. The van der Waals surface area contributed by atoms with Gasteiger partial charge in [0.25, 0.3) is 0 Å². The van der Waals surface area contributed by atoms with Crippen LogP contribution in [-0.2, 0) is 6.18 Å². The number of anilines is 3. The molecule has 0 saturated heterocycles. The van der Waals surface area contributed by atoms with Gasteiger partial charge in [-0.3, -0.25) is 0 Å². The zero-order chi connectivity index (χ0) is 17.8. The molecule has 23 heavy (non-hydrogen) atoms. The van der Waals surface area contributed by atoms with Crippen LogP contribution in [0.3, 0.4) is 0 Å². The first-order valence-electron chi connectivity index (χ1n) is 6.98. The number of hydrogen-bond donors (Lipinski definition) is 3. The predicted octanol–water partition coefficient (Wildman–Crippen LogP) is 3.63. The molecule has 126 valence electrons. The number of nitrogens with zero attached hydrogens (tertiary/aromatic N) is 2. The molecule has 0 aliphatic carbocycles. The lowest BCUT2D eigenvalue weighted by molar-refractivity contribution is -0.136. The molecule has 1 heterocycles. The SMILES string of the molecule is CCC.Cc1cc(N)nnc1-c1ccc(C(F)(F)F)c(N)c1N. The van der Waals surface area contributed by atoms with E-state index in [4.69, 9.17) is 17.2 Å². The first kappa shape index (κ1) is 18.5. The quantitative estimate of drug-likeness (QED) is 0.694. The number of alkyl halides is 3. The van der Waals surface area contributed by atoms with Gasteiger partial charge in [-0.1, -0.05) is 20.3 Å². The van der Waals surface area contributed by atoms with Gasteiger partial charge in [-0.2, -0.15) is 13.2 Å². The molecule has 2 aromatic rings. The number of rotatable bonds is 1. The summed E-state index contributed by atoms with van der Waals surface area (Å²) in [5, 5.41) is 7.52. The Bertz CT molecular complexity index is 684. The zero-order valence-electron chi connectivity index (χ0n) is 13.2. The Labute approximate surface area is 132 Å². The summed E-state index contributed by atoms with van der Waals surface area (Å²) in [5.74, 6) is 0.213. The average molecular weight is 327 g/mol. The molecular formula is C15H20F3N5. The van der Waals surface area contributed by atoms with Crippen molar-refractivity contribution in [2.45, 2.75) is 33.4 Å². The number of nitrogen functional groups attached to an aromatic ring is 3. The van der Waals surface area contributed by atoms with E-state index in [1.54, 1.807) is 13.0 Å². The van der Waals surface area contributed by atoms with Crippen molar-refractivity contribution in [2.24, 2.45) is 0 Å². The van der Waals surface area contributed by atoms with Gasteiger partial charge < -0.3 is 17.2 Å². The summed E-state index contributed by atoms with van der Waals surface area (Å²) in [4.78, 5) is 0. The maximum absolute atomic E-state index is 12.7. The van der Waals surface area contributed by atoms with Crippen molar-refractivity contribution in [1.82, 2.24) is 10.2 Å². The van der Waals surface area contributed by atoms with Crippen molar-refractivity contribution in [3.8, 4) is 11.3 Å². The predicted molar refractivity (Wildman–Crippen MR) is 86.4 cm³/mol. The number of aryl methyl sites for hydroxylation is 1. The Hall–Kier alpha value is -2.51. The summed E-state index contributed by atoms with van der Waals surface area (Å²) in [5.41, 5.74) is 16.2. The van der Waals surface area contributed by atoms with E-state index in [9.17, 15) is 13.2 Å². The third-order valence-corrected chi connectivity index (χ3v) is 2.85. The number of hydrogen-bond acceptors (Lipinski definition) is 5. The van der Waals surface area contributed by atoms with Gasteiger partial charge in [0.05, 0.1) is 22.6 Å². The van der Waals surface area contributed by atoms with Crippen LogP contribution in [0, 0.1) is 6.92 Å². The fraction of sp³-hybridized carbons (Fsp3) is 0.333. The molecule has 0 amide bonds. The van der Waals surface area contributed by atoms with Crippen LogP contribution in [0.4, 0.5) is 30.4 Å². The highest BCUT2D eigenvalue weighted by Gasteiger charge is 2.34. The Morgan fingerprint density at radius 2 is 1.57 bits per heavy atom. The summed E-state index contributed by atoms with van der Waals surface area (Å²) in [7, 11) is 0. The fourth-order valence-electron chi connectivity index (χ4n) is 1.86. The smallest absolute Gasteiger partial charge is 0.397 e. The topological polar surface area (TPSA) is 104 Å². The van der Waals surface area contributed by atoms with Gasteiger partial charge in [-0.25, -0.2) is 0 Å². The molecule has 8 heteroatoms. The molecule has 0 radical (unpaired) electrons. The molecular weight excluding hydrogens is 307 g/mol. The normalized spacial score (nSPS) is 10.9. The van der Waals surface area contributed by atoms with Crippen molar-refractivity contribution in [3.05, 3.63) is 29.3 Å². The maximum Gasteiger partial charge on any atom is 0.418 e. The van der Waals surface area contributed by atoms with Gasteiger partial charge in [0.15, 0.2) is 0 Å². The second-order valence-corrected chi connectivity index (χ2v) is 4.99. The van der Waals surface area contributed by atoms with Gasteiger partial charge in [0.1, 0.15) is 5.82 Å². The van der Waals surface area contributed by atoms with E-state index in [-0.39, 0.29) is 11.5 Å². The highest BCUT2D eigenvalue weighted by atomic mass is 19.4. The first-order valence-corrected chi connectivity index (χ1v) is 6.98. The largest absolute Gasteiger partial charge is 0.418 e. The lowest BCUT2D eigenvalue weighted by atomic mass is 10.0. The summed E-state index contributed by atoms with van der Waals surface area (Å²) in [6.07, 6.45) is -3.31. The monoisotopic (exact) mass is 327 g/mol. The van der Waals surface area contributed by atoms with Crippen molar-refractivity contribution in [3.63, 3.8) is 0 Å². The number of aromatic nitrogens is 2. The van der Waals surface area contributed by atoms with Crippen molar-refractivity contribution >= 4 is 17.2 Å². The molecule has 0 spiro atoms. The van der Waals surface area contributed by atoms with E-state index >= 15 is 0 Å². The standard InChI is InChI=1S/C12H12F3N5.C3H8/c1-5-4-8(16)19-20-11(5)6-2-3-7(12(13,14)15)10(18)9(6)17;1-3-2/h2-4H,17-18H2,1H3,(H2,16,19);3H2,1-2H3. The second kappa shape index (κ2) is 7.17. The molecule has 0 saturated carbocycles. The van der Waals surface area contributed by atoms with E-state index in [0.717, 1.165) is 6.07 Å². The van der Waals surface area contributed by atoms with Crippen LogP contribution in [-0.4, -0.2) is 10.2 Å². The summed E-state index contributed by atoms with van der Waals surface area (Å²) in [6.45, 7) is 5.95. The van der Waals surface area contributed by atoms with Crippen LogP contribution in [0.25, 0.3) is 11.3 Å². The van der Waals surface area contributed by atoms with Crippen LogP contribution < -0.4 is 17.2 Å². The molecule has 1 aromatic carbocycles. The van der Waals surface area contributed by atoms with Crippen LogP contribution in [0.5, 0.6) is 0 Å². The van der Waals surface area contributed by atoms with E-state index in [1.165, 1.54) is 12.5 Å². The zero-order valence-corrected chi connectivity index (χ0v) is 13.2. The Morgan fingerprint density at radius 3 is 2.04 bits per heavy atom. The maximum atomic E-state index is 12.7. The van der Waals surface area contributed by atoms with Crippen molar-refractivity contribution in [1.29, 1.82) is 0 Å². The summed E-state index contributed by atoms with van der Waals surface area (Å²) < 4.78 is 38.1. The van der Waals surface area contributed by atoms with Crippen molar-refractivity contribution < 1.29 is 13.2 Å². The minimum Gasteiger partial charge on any atom is -0.397 e. The molecule has 0 aliphatic heterocycles. The van der Waals surface area contributed by atoms with Crippen LogP contribution in [0.15, 0.2) is 18.2 Å². The highest BCUT2D eigenvalue weighted by molar-refractivity contribution is 5.86. The van der Waals surface area contributed by atoms with E-state index in [1.807, 2.05) is 0 Å². The Balaban J connectivity index is 0.000000816. The molecule has 0 atom stereocenters. The number of halogens is 3. The molecule has 0 aliphatic rings. The highest BCUT2D eigenvalue weighted by Crippen LogP contribution is 2.40. The van der Waals surface area contributed by atoms with Gasteiger partial charge in [0.2, 0.25) is 0 Å². The van der Waals surface area contributed by atoms with Gasteiger partial charge in [-0.15, -0.1) is 10.2 Å². The third-order valence-electron chi connectivity index (χ3n) is 2.85. The van der Waals surface area contributed by atoms with Gasteiger partial charge in [-0.05, 0) is 30.7 Å². The molecule has 2 rings (SSSR count). The molecule has 5 nitrogen and oxygen atoms in total. The molecule has 0 bridgehead atoms. The van der Waals surface area contributed by atoms with E-state index < -0.39 is 17.4 Å².